The van der Waals surface area contributed by atoms with Crippen LogP contribution in [-0.4, -0.2) is 69.4 Å². The van der Waals surface area contributed by atoms with Gasteiger partial charge in [0, 0.05) is 60.5 Å². The zero-order valence-electron chi connectivity index (χ0n) is 27.7. The topological polar surface area (TPSA) is 91.8 Å². The third-order valence-electron chi connectivity index (χ3n) is 8.99. The second-order valence-corrected chi connectivity index (χ2v) is 13.5. The molecule has 0 aliphatic carbocycles. The van der Waals surface area contributed by atoms with Gasteiger partial charge in [0.05, 0.1) is 36.2 Å². The van der Waals surface area contributed by atoms with Crippen LogP contribution in [0, 0.1) is 6.92 Å². The van der Waals surface area contributed by atoms with E-state index >= 15 is 0 Å². The Morgan fingerprint density at radius 3 is 2.18 bits per heavy atom. The smallest absolute Gasteiger partial charge is 0.350 e. The van der Waals surface area contributed by atoms with Crippen molar-refractivity contribution < 1.29 is 14.2 Å². The molecule has 4 heterocycles. The third-order valence-corrected chi connectivity index (χ3v) is 9.54. The van der Waals surface area contributed by atoms with Crippen molar-refractivity contribution in [1.82, 2.24) is 23.9 Å². The van der Waals surface area contributed by atoms with E-state index < -0.39 is 5.79 Å². The first-order valence-corrected chi connectivity index (χ1v) is 17.2. The molecule has 5 aromatic rings. The first kappa shape index (κ1) is 33.2. The Bertz CT molecular complexity index is 1940. The van der Waals surface area contributed by atoms with Gasteiger partial charge in [-0.15, -0.1) is 0 Å². The minimum absolute atomic E-state index is 0.00946. The number of aromatic nitrogens is 5. The zero-order valence-corrected chi connectivity index (χ0v) is 29.2. The molecule has 2 aliphatic rings. The summed E-state index contributed by atoms with van der Waals surface area (Å²) in [6, 6.07) is 21.7. The van der Waals surface area contributed by atoms with Crippen molar-refractivity contribution in [3.05, 3.63) is 117 Å². The Labute approximate surface area is 295 Å². The van der Waals surface area contributed by atoms with Crippen LogP contribution < -0.4 is 20.2 Å². The number of rotatable bonds is 10. The van der Waals surface area contributed by atoms with Crippen LogP contribution in [0.4, 0.5) is 11.4 Å². The lowest BCUT2D eigenvalue weighted by atomic mass is 10.1. The zero-order chi connectivity index (χ0) is 34.1. The number of hydrogen-bond acceptors (Lipinski definition) is 8. The van der Waals surface area contributed by atoms with Crippen molar-refractivity contribution in [2.24, 2.45) is 0 Å². The van der Waals surface area contributed by atoms with Crippen LogP contribution >= 0.6 is 23.2 Å². The van der Waals surface area contributed by atoms with Gasteiger partial charge in [0.25, 0.3) is 0 Å². The molecule has 0 N–H and O–H groups in total. The summed E-state index contributed by atoms with van der Waals surface area (Å²) < 4.78 is 24.1. The Balaban J connectivity index is 0.934. The van der Waals surface area contributed by atoms with E-state index in [2.05, 4.69) is 44.1 Å². The van der Waals surface area contributed by atoms with E-state index in [1.165, 1.54) is 4.68 Å². The molecule has 13 heteroatoms. The molecule has 3 aromatic carbocycles. The lowest BCUT2D eigenvalue weighted by molar-refractivity contribution is -0.189. The summed E-state index contributed by atoms with van der Waals surface area (Å²) in [5.74, 6) is 0.345. The minimum atomic E-state index is -1.10. The fourth-order valence-electron chi connectivity index (χ4n) is 6.47. The lowest BCUT2D eigenvalue weighted by Gasteiger charge is -2.37. The maximum atomic E-state index is 12.9. The molecule has 256 valence electrons. The number of anilines is 2. The molecule has 49 heavy (non-hydrogen) atoms. The van der Waals surface area contributed by atoms with Gasteiger partial charge in [0.15, 0.2) is 0 Å². The maximum Gasteiger partial charge on any atom is 0.350 e. The summed E-state index contributed by atoms with van der Waals surface area (Å²) in [7, 11) is 0. The van der Waals surface area contributed by atoms with Crippen molar-refractivity contribution in [3.8, 4) is 11.4 Å². The van der Waals surface area contributed by atoms with Crippen LogP contribution in [-0.2, 0) is 21.8 Å². The molecule has 2 fully saturated rings. The highest BCUT2D eigenvalue weighted by Gasteiger charge is 2.45. The SMILES string of the molecule is Cc1nn(C(C)C)c(=O)n1-c1ccc(N2CCN(c3ccc(OC[C@@H]4COC(Cn5ccnc5)(c5ccc(Cl)cc5Cl)O4)cc3)CC2)cc1. The van der Waals surface area contributed by atoms with Crippen LogP contribution in [0.2, 0.25) is 10.0 Å². The van der Waals surface area contributed by atoms with Crippen molar-refractivity contribution in [1.29, 1.82) is 0 Å². The molecule has 2 saturated heterocycles. The van der Waals surface area contributed by atoms with Gasteiger partial charge in [-0.05, 0) is 81.4 Å². The van der Waals surface area contributed by atoms with Gasteiger partial charge in [-0.2, -0.15) is 5.10 Å². The highest BCUT2D eigenvalue weighted by molar-refractivity contribution is 6.35. The second-order valence-electron chi connectivity index (χ2n) is 12.7. The number of aryl methyl sites for hydroxylation is 1. The molecule has 0 amide bonds. The van der Waals surface area contributed by atoms with E-state index in [1.807, 2.05) is 61.9 Å². The lowest BCUT2D eigenvalue weighted by Crippen LogP contribution is -2.46. The number of hydrogen-bond donors (Lipinski definition) is 0. The molecule has 7 rings (SSSR count). The molecule has 1 unspecified atom stereocenters. The summed E-state index contributed by atoms with van der Waals surface area (Å²) in [5, 5.41) is 5.44. The fourth-order valence-corrected chi connectivity index (χ4v) is 7.02. The number of imidazole rings is 1. The van der Waals surface area contributed by atoms with E-state index in [0.717, 1.165) is 49.0 Å². The second kappa shape index (κ2) is 13.9. The Hall–Kier alpha value is -4.29. The average Bonchev–Trinajstić information content (AvgIpc) is 3.84. The molecule has 11 nitrogen and oxygen atoms in total. The summed E-state index contributed by atoms with van der Waals surface area (Å²) >= 11 is 12.8. The molecule has 0 saturated carbocycles. The molecule has 0 bridgehead atoms. The van der Waals surface area contributed by atoms with Crippen molar-refractivity contribution in [2.75, 3.05) is 49.2 Å². The van der Waals surface area contributed by atoms with Crippen LogP contribution in [0.5, 0.6) is 5.75 Å². The van der Waals surface area contributed by atoms with Crippen LogP contribution in [0.1, 0.15) is 31.3 Å². The van der Waals surface area contributed by atoms with Crippen molar-refractivity contribution in [3.63, 3.8) is 0 Å². The first-order chi connectivity index (χ1) is 23.7. The highest BCUT2D eigenvalue weighted by Crippen LogP contribution is 2.40. The van der Waals surface area contributed by atoms with Gasteiger partial charge in [0.1, 0.15) is 24.3 Å². The summed E-state index contributed by atoms with van der Waals surface area (Å²) in [4.78, 5) is 21.8. The van der Waals surface area contributed by atoms with Gasteiger partial charge >= 0.3 is 5.69 Å². The molecule has 2 atom stereocenters. The van der Waals surface area contributed by atoms with Gasteiger partial charge < -0.3 is 28.6 Å². The number of benzene rings is 3. The molecular weight excluding hydrogens is 665 g/mol. The summed E-state index contributed by atoms with van der Waals surface area (Å²) in [6.45, 7) is 10.4. The van der Waals surface area contributed by atoms with Gasteiger partial charge in [-0.1, -0.05) is 29.3 Å². The first-order valence-electron chi connectivity index (χ1n) is 16.4. The highest BCUT2D eigenvalue weighted by atomic mass is 35.5. The molecule has 0 radical (unpaired) electrons. The summed E-state index contributed by atoms with van der Waals surface area (Å²) in [5.41, 5.74) is 3.70. The van der Waals surface area contributed by atoms with Gasteiger partial charge in [0.2, 0.25) is 5.79 Å². The predicted octanol–water partition coefficient (Wildman–Crippen LogP) is 6.10. The van der Waals surface area contributed by atoms with E-state index in [1.54, 1.807) is 29.2 Å². The van der Waals surface area contributed by atoms with E-state index in [4.69, 9.17) is 37.4 Å². The maximum absolute atomic E-state index is 12.9. The number of nitrogens with zero attached hydrogens (tertiary/aromatic N) is 7. The van der Waals surface area contributed by atoms with Gasteiger partial charge in [-0.25, -0.2) is 19.0 Å². The van der Waals surface area contributed by atoms with Crippen LogP contribution in [0.15, 0.2) is 90.2 Å². The van der Waals surface area contributed by atoms with E-state index in [-0.39, 0.29) is 17.8 Å². The van der Waals surface area contributed by atoms with Crippen LogP contribution in [0.25, 0.3) is 5.69 Å². The molecule has 2 aromatic heterocycles. The minimum Gasteiger partial charge on any atom is -0.491 e. The number of ether oxygens (including phenoxy) is 3. The van der Waals surface area contributed by atoms with Crippen LogP contribution in [0.3, 0.4) is 0 Å². The third kappa shape index (κ3) is 6.94. The normalized spacial score (nSPS) is 19.6. The monoisotopic (exact) mass is 703 g/mol. The van der Waals surface area contributed by atoms with Gasteiger partial charge in [-0.3, -0.25) is 0 Å². The predicted molar refractivity (Wildman–Crippen MR) is 191 cm³/mol. The van der Waals surface area contributed by atoms with E-state index in [0.29, 0.717) is 41.2 Å². The number of piperazine rings is 1. The molecule has 0 spiro atoms. The largest absolute Gasteiger partial charge is 0.491 e. The Kier molecular flexibility index (Phi) is 9.43. The Morgan fingerprint density at radius 1 is 0.939 bits per heavy atom. The fraction of sp³-hybridized carbons (Fsp3) is 0.361. The Morgan fingerprint density at radius 2 is 1.59 bits per heavy atom. The molecular formula is C36H39Cl2N7O4. The standard InChI is InChI=1S/C36H39Cl2N7O4/c1-25(2)45-35(46)44(26(3)40-45)30-7-5-28(6-8-30)42-16-18-43(19-17-42)29-9-11-31(12-10-29)47-21-32-22-48-36(49-32,23-41-15-14-39-24-41)33-13-4-27(37)20-34(33)38/h4-15,20,24-25,32H,16-19,21-23H2,1-3H3/t32-,36?/m1/s1. The molecule has 2 aliphatic heterocycles. The quantitative estimate of drug-likeness (QED) is 0.172. The van der Waals surface area contributed by atoms with Crippen molar-refractivity contribution >= 4 is 34.6 Å². The van der Waals surface area contributed by atoms with Crippen molar-refractivity contribution in [2.45, 2.75) is 45.2 Å². The average molecular weight is 705 g/mol. The number of halogens is 2. The van der Waals surface area contributed by atoms with E-state index in [9.17, 15) is 4.79 Å². The summed E-state index contributed by atoms with van der Waals surface area (Å²) in [6.07, 6.45) is 4.99.